The number of aliphatic hydroxyl groups excluding tert-OH is 2. The van der Waals surface area contributed by atoms with Crippen LogP contribution in [0.2, 0.25) is 0 Å². The van der Waals surface area contributed by atoms with Crippen LogP contribution in [-0.2, 0) is 22.3 Å². The molecule has 0 spiro atoms. The summed E-state index contributed by atoms with van der Waals surface area (Å²) in [7, 11) is 0. The smallest absolute Gasteiger partial charge is 0.407 e. The summed E-state index contributed by atoms with van der Waals surface area (Å²) in [4.78, 5) is 44.8. The van der Waals surface area contributed by atoms with E-state index >= 15 is 0 Å². The molecule has 12 nitrogen and oxygen atoms in total. The zero-order valence-corrected chi connectivity index (χ0v) is 24.8. The fourth-order valence-electron chi connectivity index (χ4n) is 3.41. The molecule has 2 amide bonds. The second-order valence-corrected chi connectivity index (χ2v) is 11.5. The van der Waals surface area contributed by atoms with E-state index in [0.717, 1.165) is 11.1 Å². The third-order valence-electron chi connectivity index (χ3n) is 5.25. The standard InChI is InChI=1S/2C15H21NO5/c2*1-15(2,3)21-14(20)16-12(9-17)8-10-4-6-11(7-5-10)13(18)19/h2*4-7,12,17H,8-9H2,1-3H3,(H,16,20)(H,18,19)/t2*12-/m00/s1. The van der Waals surface area contributed by atoms with Crippen molar-refractivity contribution in [3.05, 3.63) is 70.8 Å². The fourth-order valence-corrected chi connectivity index (χ4v) is 3.41. The second-order valence-electron chi connectivity index (χ2n) is 11.5. The second kappa shape index (κ2) is 16.3. The summed E-state index contributed by atoms with van der Waals surface area (Å²) in [5, 5.41) is 41.4. The van der Waals surface area contributed by atoms with Crippen molar-refractivity contribution in [2.75, 3.05) is 13.2 Å². The summed E-state index contributed by atoms with van der Waals surface area (Å²) in [6, 6.07) is 11.6. The van der Waals surface area contributed by atoms with Gasteiger partial charge in [-0.25, -0.2) is 19.2 Å². The van der Waals surface area contributed by atoms with E-state index in [1.54, 1.807) is 65.8 Å². The molecule has 0 aliphatic carbocycles. The van der Waals surface area contributed by atoms with Gasteiger partial charge in [-0.3, -0.25) is 0 Å². The van der Waals surface area contributed by atoms with Gasteiger partial charge < -0.3 is 40.5 Å². The topological polar surface area (TPSA) is 192 Å². The number of nitrogens with one attached hydrogen (secondary N) is 2. The lowest BCUT2D eigenvalue weighted by Crippen LogP contribution is -2.42. The molecule has 2 aromatic carbocycles. The fraction of sp³-hybridized carbons (Fsp3) is 0.467. The number of alkyl carbamates (subject to hydrolysis) is 2. The predicted octanol–water partition coefficient (Wildman–Crippen LogP) is 3.63. The number of carboxylic acid groups (broad SMARTS) is 2. The molecule has 0 bridgehead atoms. The summed E-state index contributed by atoms with van der Waals surface area (Å²) in [6.45, 7) is 10.1. The van der Waals surface area contributed by atoms with E-state index in [-0.39, 0.29) is 24.3 Å². The average Bonchev–Trinajstić information content (AvgIpc) is 2.86. The van der Waals surface area contributed by atoms with Crippen LogP contribution in [0.1, 0.15) is 73.4 Å². The highest BCUT2D eigenvalue weighted by Gasteiger charge is 2.20. The minimum atomic E-state index is -0.993. The molecule has 0 aromatic heterocycles. The molecular formula is C30H42N2O10. The molecule has 0 unspecified atom stereocenters. The Balaban J connectivity index is 0.000000420. The molecular weight excluding hydrogens is 548 g/mol. The molecule has 0 saturated carbocycles. The van der Waals surface area contributed by atoms with Crippen LogP contribution in [0.25, 0.3) is 0 Å². The maximum atomic E-state index is 11.6. The Morgan fingerprint density at radius 3 is 1.12 bits per heavy atom. The number of aliphatic hydroxyl groups is 2. The first-order valence-electron chi connectivity index (χ1n) is 13.3. The van der Waals surface area contributed by atoms with Gasteiger partial charge in [0.15, 0.2) is 0 Å². The highest BCUT2D eigenvalue weighted by molar-refractivity contribution is 5.88. The summed E-state index contributed by atoms with van der Waals surface area (Å²) >= 11 is 0. The number of rotatable bonds is 10. The minimum absolute atomic E-state index is 0.194. The quantitative estimate of drug-likeness (QED) is 0.238. The van der Waals surface area contributed by atoms with E-state index in [9.17, 15) is 29.4 Å². The maximum absolute atomic E-state index is 11.6. The van der Waals surface area contributed by atoms with Crippen molar-refractivity contribution in [3.8, 4) is 0 Å². The van der Waals surface area contributed by atoms with Gasteiger partial charge in [-0.2, -0.15) is 0 Å². The Bertz CT molecular complexity index is 1070. The van der Waals surface area contributed by atoms with Crippen LogP contribution < -0.4 is 10.6 Å². The van der Waals surface area contributed by atoms with Gasteiger partial charge in [-0.15, -0.1) is 0 Å². The Morgan fingerprint density at radius 1 is 0.619 bits per heavy atom. The van der Waals surface area contributed by atoms with Gasteiger partial charge in [0.25, 0.3) is 0 Å². The van der Waals surface area contributed by atoms with Crippen LogP contribution in [0.5, 0.6) is 0 Å². The molecule has 12 heteroatoms. The van der Waals surface area contributed by atoms with Gasteiger partial charge in [0.05, 0.1) is 36.4 Å². The Kier molecular flexibility index (Phi) is 13.9. The first kappa shape index (κ1) is 35.9. The molecule has 0 aliphatic rings. The number of ether oxygens (including phenoxy) is 2. The van der Waals surface area contributed by atoms with Crippen LogP contribution in [0, 0.1) is 0 Å². The van der Waals surface area contributed by atoms with Crippen LogP contribution in [0.15, 0.2) is 48.5 Å². The summed E-state index contributed by atoms with van der Waals surface area (Å²) < 4.78 is 10.2. The third kappa shape index (κ3) is 15.0. The first-order valence-corrected chi connectivity index (χ1v) is 13.3. The highest BCUT2D eigenvalue weighted by Crippen LogP contribution is 2.11. The zero-order chi connectivity index (χ0) is 32.1. The van der Waals surface area contributed by atoms with Gasteiger partial charge in [0, 0.05) is 0 Å². The van der Waals surface area contributed by atoms with Gasteiger partial charge >= 0.3 is 24.1 Å². The number of carbonyl (C=O) groups is 4. The number of amides is 2. The van der Waals surface area contributed by atoms with Crippen molar-refractivity contribution in [1.82, 2.24) is 10.6 Å². The Hall–Kier alpha value is -4.16. The van der Waals surface area contributed by atoms with Crippen molar-refractivity contribution in [3.63, 3.8) is 0 Å². The predicted molar refractivity (Wildman–Crippen MR) is 155 cm³/mol. The molecule has 6 N–H and O–H groups in total. The van der Waals surface area contributed by atoms with Crippen molar-refractivity contribution < 1.29 is 49.1 Å². The zero-order valence-electron chi connectivity index (χ0n) is 24.8. The normalized spacial score (nSPS) is 12.6. The van der Waals surface area contributed by atoms with E-state index in [0.29, 0.717) is 12.8 Å². The van der Waals surface area contributed by atoms with Gasteiger partial charge in [-0.1, -0.05) is 24.3 Å². The molecule has 232 valence electrons. The number of hydrogen-bond acceptors (Lipinski definition) is 8. The number of hydrogen-bond donors (Lipinski definition) is 6. The Labute approximate surface area is 245 Å². The molecule has 0 fully saturated rings. The highest BCUT2D eigenvalue weighted by atomic mass is 16.6. The van der Waals surface area contributed by atoms with Crippen LogP contribution in [-0.4, -0.2) is 81.1 Å². The molecule has 2 aromatic rings. The molecule has 0 aliphatic heterocycles. The Morgan fingerprint density at radius 2 is 0.905 bits per heavy atom. The lowest BCUT2D eigenvalue weighted by Gasteiger charge is -2.22. The SMILES string of the molecule is CC(C)(C)OC(=O)N[C@H](CO)Cc1ccc(C(=O)O)cc1.CC(C)(C)OC(=O)N[C@H](CO)Cc1ccc(C(=O)O)cc1. The van der Waals surface area contributed by atoms with Gasteiger partial charge in [0.1, 0.15) is 11.2 Å². The van der Waals surface area contributed by atoms with Crippen LogP contribution in [0.4, 0.5) is 9.59 Å². The van der Waals surface area contributed by atoms with Crippen molar-refractivity contribution >= 4 is 24.1 Å². The van der Waals surface area contributed by atoms with Gasteiger partial charge in [0.2, 0.25) is 0 Å². The average molecular weight is 591 g/mol. The summed E-state index contributed by atoms with van der Waals surface area (Å²) in [5.41, 5.74) is 0.810. The van der Waals surface area contributed by atoms with Crippen molar-refractivity contribution in [2.45, 2.75) is 77.7 Å². The summed E-state index contributed by atoms with van der Waals surface area (Å²) in [5.74, 6) is -1.99. The summed E-state index contributed by atoms with van der Waals surface area (Å²) in [6.07, 6.45) is -0.418. The van der Waals surface area contributed by atoms with Crippen LogP contribution >= 0.6 is 0 Å². The molecule has 2 rings (SSSR count). The van der Waals surface area contributed by atoms with Crippen molar-refractivity contribution in [2.24, 2.45) is 0 Å². The minimum Gasteiger partial charge on any atom is -0.478 e. The van der Waals surface area contributed by atoms with E-state index in [2.05, 4.69) is 10.6 Å². The van der Waals surface area contributed by atoms with E-state index in [1.807, 2.05) is 0 Å². The number of carbonyl (C=O) groups excluding carboxylic acids is 2. The third-order valence-corrected chi connectivity index (χ3v) is 5.25. The molecule has 0 radical (unpaired) electrons. The van der Waals surface area contributed by atoms with Crippen LogP contribution in [0.3, 0.4) is 0 Å². The molecule has 42 heavy (non-hydrogen) atoms. The van der Waals surface area contributed by atoms with Crippen molar-refractivity contribution in [1.29, 1.82) is 0 Å². The largest absolute Gasteiger partial charge is 0.478 e. The molecule has 0 saturated heterocycles. The number of aromatic carboxylic acids is 2. The lowest BCUT2D eigenvalue weighted by molar-refractivity contribution is 0.0472. The van der Waals surface area contributed by atoms with Gasteiger partial charge in [-0.05, 0) is 89.8 Å². The van der Waals surface area contributed by atoms with E-state index in [1.165, 1.54) is 24.3 Å². The number of carboxylic acids is 2. The molecule has 2 atom stereocenters. The number of benzene rings is 2. The molecule has 0 heterocycles. The van der Waals surface area contributed by atoms with E-state index in [4.69, 9.17) is 19.7 Å². The monoisotopic (exact) mass is 590 g/mol. The lowest BCUT2D eigenvalue weighted by atomic mass is 10.0. The maximum Gasteiger partial charge on any atom is 0.407 e. The first-order chi connectivity index (χ1) is 19.4. The van der Waals surface area contributed by atoms with E-state index < -0.39 is 47.4 Å².